The van der Waals surface area contributed by atoms with E-state index in [1.165, 1.54) is 29.0 Å². The van der Waals surface area contributed by atoms with E-state index < -0.39 is 44.7 Å². The van der Waals surface area contributed by atoms with E-state index >= 15 is 0 Å². The van der Waals surface area contributed by atoms with Crippen molar-refractivity contribution >= 4 is 15.7 Å². The maximum absolute atomic E-state index is 13.7. The van der Waals surface area contributed by atoms with Gasteiger partial charge in [0.1, 0.15) is 5.69 Å². The van der Waals surface area contributed by atoms with E-state index in [1.807, 2.05) is 13.8 Å². The number of rotatable bonds is 5. The molecule has 0 radical (unpaired) electrons. The molecule has 4 nitrogen and oxygen atoms in total. The number of halogens is 4. The van der Waals surface area contributed by atoms with Gasteiger partial charge in [-0.05, 0) is 30.0 Å². The fourth-order valence-electron chi connectivity index (χ4n) is 2.11. The molecule has 136 valence electrons. The molecule has 0 saturated carbocycles. The highest BCUT2D eigenvalue weighted by Gasteiger charge is 2.28. The SMILES string of the molecule is CC[C@H](C)c1ccc(S(=O)(=O)Nc2c(F)c(F)c(O)c(F)c2F)cc1. The number of sulfonamides is 1. The van der Waals surface area contributed by atoms with Gasteiger partial charge in [0.25, 0.3) is 10.0 Å². The van der Waals surface area contributed by atoms with Crippen molar-refractivity contribution in [1.82, 2.24) is 0 Å². The van der Waals surface area contributed by atoms with Gasteiger partial charge in [0.05, 0.1) is 4.90 Å². The third-order valence-electron chi connectivity index (χ3n) is 3.85. The molecule has 0 fully saturated rings. The van der Waals surface area contributed by atoms with Crippen LogP contribution in [-0.2, 0) is 10.0 Å². The van der Waals surface area contributed by atoms with Gasteiger partial charge in [-0.25, -0.2) is 17.2 Å². The van der Waals surface area contributed by atoms with Gasteiger partial charge in [-0.3, -0.25) is 4.72 Å². The number of phenolic OH excluding ortho intramolecular Hbond substituents is 1. The Bertz CT molecular complexity index is 870. The zero-order valence-electron chi connectivity index (χ0n) is 13.3. The highest BCUT2D eigenvalue weighted by molar-refractivity contribution is 7.92. The van der Waals surface area contributed by atoms with E-state index in [0.29, 0.717) is 0 Å². The Hall–Kier alpha value is -2.29. The van der Waals surface area contributed by atoms with E-state index in [2.05, 4.69) is 0 Å². The van der Waals surface area contributed by atoms with E-state index in [1.54, 1.807) is 0 Å². The molecule has 0 heterocycles. The summed E-state index contributed by atoms with van der Waals surface area (Å²) in [4.78, 5) is -0.341. The lowest BCUT2D eigenvalue weighted by Crippen LogP contribution is -2.16. The first-order valence-electron chi connectivity index (χ1n) is 7.27. The van der Waals surface area contributed by atoms with Crippen LogP contribution in [0.5, 0.6) is 5.75 Å². The molecule has 0 saturated heterocycles. The molecule has 0 aliphatic heterocycles. The van der Waals surface area contributed by atoms with Crippen molar-refractivity contribution in [2.24, 2.45) is 0 Å². The lowest BCUT2D eigenvalue weighted by atomic mass is 9.99. The summed E-state index contributed by atoms with van der Waals surface area (Å²) in [6.07, 6.45) is 0.826. The molecule has 0 unspecified atom stereocenters. The van der Waals surface area contributed by atoms with Crippen molar-refractivity contribution in [3.05, 3.63) is 53.1 Å². The molecular weight excluding hydrogens is 362 g/mol. The van der Waals surface area contributed by atoms with Crippen LogP contribution in [0.2, 0.25) is 0 Å². The number of aromatic hydroxyl groups is 1. The Kier molecular flexibility index (Phi) is 5.26. The highest BCUT2D eigenvalue weighted by Crippen LogP contribution is 2.33. The average Bonchev–Trinajstić information content (AvgIpc) is 2.61. The zero-order valence-corrected chi connectivity index (χ0v) is 14.1. The van der Waals surface area contributed by atoms with Crippen LogP contribution in [0, 0.1) is 23.3 Å². The highest BCUT2D eigenvalue weighted by atomic mass is 32.2. The minimum atomic E-state index is -4.50. The number of nitrogens with one attached hydrogen (secondary N) is 1. The number of phenols is 1. The fraction of sp³-hybridized carbons (Fsp3) is 0.250. The van der Waals surface area contributed by atoms with Crippen molar-refractivity contribution in [1.29, 1.82) is 0 Å². The fourth-order valence-corrected chi connectivity index (χ4v) is 3.17. The first kappa shape index (κ1) is 19.0. The van der Waals surface area contributed by atoms with Crippen LogP contribution in [0.15, 0.2) is 29.2 Å². The molecule has 0 spiro atoms. The third-order valence-corrected chi connectivity index (χ3v) is 5.21. The summed E-state index contributed by atoms with van der Waals surface area (Å²) in [5.41, 5.74) is -0.681. The Labute approximate surface area is 142 Å². The van der Waals surface area contributed by atoms with Crippen LogP contribution in [0.25, 0.3) is 0 Å². The van der Waals surface area contributed by atoms with Crippen molar-refractivity contribution in [3.8, 4) is 5.75 Å². The lowest BCUT2D eigenvalue weighted by molar-refractivity contribution is 0.359. The van der Waals surface area contributed by atoms with Crippen molar-refractivity contribution in [2.75, 3.05) is 4.72 Å². The van der Waals surface area contributed by atoms with Gasteiger partial charge in [-0.1, -0.05) is 26.0 Å². The van der Waals surface area contributed by atoms with Gasteiger partial charge in [-0.2, -0.15) is 8.78 Å². The molecule has 0 aromatic heterocycles. The van der Waals surface area contributed by atoms with E-state index in [-0.39, 0.29) is 10.8 Å². The van der Waals surface area contributed by atoms with Crippen molar-refractivity contribution in [2.45, 2.75) is 31.1 Å². The molecule has 0 aliphatic rings. The molecule has 9 heteroatoms. The van der Waals surface area contributed by atoms with Crippen LogP contribution in [0.1, 0.15) is 31.7 Å². The first-order chi connectivity index (χ1) is 11.6. The summed E-state index contributed by atoms with van der Waals surface area (Å²) in [5.74, 6) is -9.96. The second kappa shape index (κ2) is 6.91. The molecule has 2 aromatic carbocycles. The smallest absolute Gasteiger partial charge is 0.262 e. The topological polar surface area (TPSA) is 66.4 Å². The molecule has 0 aliphatic carbocycles. The summed E-state index contributed by atoms with van der Waals surface area (Å²) in [6.45, 7) is 3.89. The molecule has 1 atom stereocenters. The summed E-state index contributed by atoms with van der Waals surface area (Å²) < 4.78 is 79.9. The van der Waals surface area contributed by atoms with Gasteiger partial charge in [0.15, 0.2) is 17.4 Å². The maximum atomic E-state index is 13.7. The third kappa shape index (κ3) is 3.55. The normalized spacial score (nSPS) is 12.9. The number of hydrogen-bond donors (Lipinski definition) is 2. The van der Waals surface area contributed by atoms with Crippen molar-refractivity contribution in [3.63, 3.8) is 0 Å². The Morgan fingerprint density at radius 1 is 1.00 bits per heavy atom. The van der Waals surface area contributed by atoms with Gasteiger partial charge in [0.2, 0.25) is 11.6 Å². The summed E-state index contributed by atoms with van der Waals surface area (Å²) >= 11 is 0. The van der Waals surface area contributed by atoms with E-state index in [0.717, 1.165) is 12.0 Å². The average molecular weight is 377 g/mol. The quantitative estimate of drug-likeness (QED) is 0.465. The molecular formula is C16H15F4NO3S. The Morgan fingerprint density at radius 3 is 1.92 bits per heavy atom. The number of hydrogen-bond acceptors (Lipinski definition) is 3. The minimum Gasteiger partial charge on any atom is -0.503 e. The molecule has 25 heavy (non-hydrogen) atoms. The zero-order chi connectivity index (χ0) is 18.9. The second-order valence-corrected chi connectivity index (χ2v) is 7.15. The van der Waals surface area contributed by atoms with Gasteiger partial charge < -0.3 is 5.11 Å². The van der Waals surface area contributed by atoms with Gasteiger partial charge >= 0.3 is 0 Å². The minimum absolute atomic E-state index is 0.180. The lowest BCUT2D eigenvalue weighted by Gasteiger charge is -2.13. The van der Waals surface area contributed by atoms with Gasteiger partial charge in [0, 0.05) is 0 Å². The van der Waals surface area contributed by atoms with Crippen LogP contribution < -0.4 is 4.72 Å². The molecule has 2 N–H and O–H groups in total. The summed E-state index contributed by atoms with van der Waals surface area (Å²) in [6, 6.07) is 5.50. The first-order valence-corrected chi connectivity index (χ1v) is 8.76. The predicted molar refractivity (Wildman–Crippen MR) is 83.9 cm³/mol. The Balaban J connectivity index is 2.43. The van der Waals surface area contributed by atoms with E-state index in [9.17, 15) is 26.0 Å². The predicted octanol–water partition coefficient (Wildman–Crippen LogP) is 4.26. The summed E-state index contributed by atoms with van der Waals surface area (Å²) in [5, 5.41) is 8.91. The maximum Gasteiger partial charge on any atom is 0.262 e. The summed E-state index contributed by atoms with van der Waals surface area (Å²) in [7, 11) is -4.50. The number of anilines is 1. The molecule has 0 amide bonds. The largest absolute Gasteiger partial charge is 0.503 e. The van der Waals surface area contributed by atoms with Gasteiger partial charge in [-0.15, -0.1) is 0 Å². The van der Waals surface area contributed by atoms with Crippen molar-refractivity contribution < 1.29 is 31.1 Å². The second-order valence-electron chi connectivity index (χ2n) is 5.46. The van der Waals surface area contributed by atoms with E-state index in [4.69, 9.17) is 5.11 Å². The number of benzene rings is 2. The molecule has 2 rings (SSSR count). The molecule has 2 aromatic rings. The van der Waals surface area contributed by atoms with Crippen LogP contribution >= 0.6 is 0 Å². The van der Waals surface area contributed by atoms with Crippen LogP contribution in [-0.4, -0.2) is 13.5 Å². The standard InChI is InChI=1S/C16H15F4NO3S/c1-3-8(2)9-4-6-10(7-5-9)25(23,24)21-15-11(17)13(19)16(22)14(20)12(15)18/h4-8,21-22H,3H2,1-2H3/t8-/m0/s1. The van der Waals surface area contributed by atoms with Crippen LogP contribution in [0.4, 0.5) is 23.2 Å². The monoisotopic (exact) mass is 377 g/mol. The Morgan fingerprint density at radius 2 is 1.48 bits per heavy atom. The molecule has 0 bridgehead atoms. The van der Waals surface area contributed by atoms with Crippen LogP contribution in [0.3, 0.4) is 0 Å².